The van der Waals surface area contributed by atoms with Gasteiger partial charge < -0.3 is 5.32 Å². The molecule has 0 heterocycles. The van der Waals surface area contributed by atoms with Crippen LogP contribution in [-0.4, -0.2) is 22.0 Å². The highest BCUT2D eigenvalue weighted by Gasteiger charge is 2.23. The van der Waals surface area contributed by atoms with Gasteiger partial charge in [-0.15, -0.1) is 0 Å². The van der Waals surface area contributed by atoms with Crippen LogP contribution in [0.25, 0.3) is 0 Å². The minimum Gasteiger partial charge on any atom is -0.316 e. The summed E-state index contributed by atoms with van der Waals surface area (Å²) in [6, 6.07) is 7.07. The van der Waals surface area contributed by atoms with E-state index in [0.29, 0.717) is 23.3 Å². The van der Waals surface area contributed by atoms with Crippen molar-refractivity contribution in [1.82, 2.24) is 10.0 Å². The molecule has 0 bridgehead atoms. The Morgan fingerprint density at radius 2 is 1.81 bits per heavy atom. The lowest BCUT2D eigenvalue weighted by Crippen LogP contribution is -2.33. The van der Waals surface area contributed by atoms with Crippen molar-refractivity contribution in [1.29, 1.82) is 0 Å². The average Bonchev–Trinajstić information content (AvgIpc) is 2.47. The lowest BCUT2D eigenvalue weighted by molar-refractivity contribution is 0.257. The van der Waals surface area contributed by atoms with Crippen LogP contribution in [-0.2, 0) is 16.6 Å². The van der Waals surface area contributed by atoms with Crippen molar-refractivity contribution >= 4 is 10.0 Å². The lowest BCUT2D eigenvalue weighted by Gasteiger charge is -2.28. The van der Waals surface area contributed by atoms with E-state index < -0.39 is 10.0 Å². The fourth-order valence-corrected chi connectivity index (χ4v) is 4.08. The maximum absolute atomic E-state index is 12.3. The second kappa shape index (κ2) is 7.38. The first-order chi connectivity index (χ1) is 10.0. The molecule has 2 rings (SSSR count). The Kier molecular flexibility index (Phi) is 5.79. The van der Waals surface area contributed by atoms with E-state index in [4.69, 9.17) is 0 Å². The van der Waals surface area contributed by atoms with Gasteiger partial charge in [0.2, 0.25) is 10.0 Å². The van der Waals surface area contributed by atoms with E-state index in [9.17, 15) is 8.42 Å². The zero-order valence-corrected chi connectivity index (χ0v) is 13.7. The highest BCUT2D eigenvalue weighted by Crippen LogP contribution is 2.29. The monoisotopic (exact) mass is 310 g/mol. The molecule has 2 atom stereocenters. The molecule has 118 valence electrons. The first kappa shape index (κ1) is 16.5. The predicted octanol–water partition coefficient (Wildman–Crippen LogP) is 2.51. The summed E-state index contributed by atoms with van der Waals surface area (Å²) in [5, 5.41) is 3.05. The zero-order valence-electron chi connectivity index (χ0n) is 12.9. The molecule has 0 aromatic heterocycles. The van der Waals surface area contributed by atoms with Crippen LogP contribution in [0.5, 0.6) is 0 Å². The first-order valence-corrected chi connectivity index (χ1v) is 9.24. The summed E-state index contributed by atoms with van der Waals surface area (Å²) in [4.78, 5) is 0.353. The van der Waals surface area contributed by atoms with Gasteiger partial charge >= 0.3 is 0 Å². The molecule has 1 aromatic carbocycles. The number of nitrogens with one attached hydrogen (secondary N) is 2. The molecule has 0 spiro atoms. The van der Waals surface area contributed by atoms with Gasteiger partial charge in [-0.05, 0) is 43.0 Å². The van der Waals surface area contributed by atoms with E-state index in [-0.39, 0.29) is 0 Å². The number of sulfonamides is 1. The topological polar surface area (TPSA) is 58.2 Å². The average molecular weight is 310 g/mol. The summed E-state index contributed by atoms with van der Waals surface area (Å²) < 4.78 is 27.4. The van der Waals surface area contributed by atoms with Crippen molar-refractivity contribution in [2.45, 2.75) is 44.0 Å². The third-order valence-electron chi connectivity index (χ3n) is 4.44. The van der Waals surface area contributed by atoms with E-state index >= 15 is 0 Å². The Morgan fingerprint density at radius 1 is 1.14 bits per heavy atom. The van der Waals surface area contributed by atoms with E-state index in [1.165, 1.54) is 19.3 Å². The molecule has 2 unspecified atom stereocenters. The number of hydrogen-bond acceptors (Lipinski definition) is 3. The van der Waals surface area contributed by atoms with Crippen molar-refractivity contribution < 1.29 is 8.42 Å². The highest BCUT2D eigenvalue weighted by atomic mass is 32.2. The summed E-state index contributed by atoms with van der Waals surface area (Å²) in [5.74, 6) is 1.08. The fourth-order valence-electron chi connectivity index (χ4n) is 2.99. The third kappa shape index (κ3) is 4.53. The number of rotatable bonds is 6. The maximum Gasteiger partial charge on any atom is 0.240 e. The quantitative estimate of drug-likeness (QED) is 0.849. The van der Waals surface area contributed by atoms with Crippen LogP contribution in [0.15, 0.2) is 29.2 Å². The van der Waals surface area contributed by atoms with E-state index in [2.05, 4.69) is 17.0 Å². The van der Waals surface area contributed by atoms with E-state index in [0.717, 1.165) is 18.5 Å². The largest absolute Gasteiger partial charge is 0.316 e. The third-order valence-corrected chi connectivity index (χ3v) is 5.88. The second-order valence-corrected chi connectivity index (χ2v) is 7.81. The molecule has 1 aromatic rings. The lowest BCUT2D eigenvalue weighted by atomic mass is 9.81. The minimum absolute atomic E-state index is 0.353. The van der Waals surface area contributed by atoms with Crippen LogP contribution in [0, 0.1) is 11.8 Å². The van der Waals surface area contributed by atoms with Gasteiger partial charge in [-0.1, -0.05) is 38.3 Å². The predicted molar refractivity (Wildman–Crippen MR) is 85.5 cm³/mol. The Morgan fingerprint density at radius 3 is 2.43 bits per heavy atom. The van der Waals surface area contributed by atoms with Gasteiger partial charge in [0.1, 0.15) is 0 Å². The zero-order chi connectivity index (χ0) is 15.3. The molecule has 0 saturated heterocycles. The normalized spacial score (nSPS) is 23.1. The molecule has 0 amide bonds. The standard InChI is InChI=1S/C16H26N2O2S/c1-13-5-3-4-6-15(13)12-18-21(19,20)16-9-7-14(8-10-16)11-17-2/h7-10,13,15,17-18H,3-6,11-12H2,1-2H3. The van der Waals surface area contributed by atoms with Crippen LogP contribution in [0.3, 0.4) is 0 Å². The van der Waals surface area contributed by atoms with Crippen LogP contribution >= 0.6 is 0 Å². The van der Waals surface area contributed by atoms with Crippen LogP contribution in [0.2, 0.25) is 0 Å². The molecule has 1 saturated carbocycles. The van der Waals surface area contributed by atoms with Gasteiger partial charge in [0, 0.05) is 13.1 Å². The van der Waals surface area contributed by atoms with Gasteiger partial charge in [0.15, 0.2) is 0 Å². The number of hydrogen-bond donors (Lipinski definition) is 2. The fraction of sp³-hybridized carbons (Fsp3) is 0.625. The summed E-state index contributed by atoms with van der Waals surface area (Å²) in [6.07, 6.45) is 4.84. The highest BCUT2D eigenvalue weighted by molar-refractivity contribution is 7.89. The summed E-state index contributed by atoms with van der Waals surface area (Å²) >= 11 is 0. The molecular weight excluding hydrogens is 284 g/mol. The van der Waals surface area contributed by atoms with Crippen molar-refractivity contribution in [2.75, 3.05) is 13.6 Å². The van der Waals surface area contributed by atoms with Gasteiger partial charge in [-0.2, -0.15) is 0 Å². The molecule has 1 aliphatic rings. The smallest absolute Gasteiger partial charge is 0.240 e. The van der Waals surface area contributed by atoms with Gasteiger partial charge in [-0.25, -0.2) is 13.1 Å². The van der Waals surface area contributed by atoms with Crippen molar-refractivity contribution in [2.24, 2.45) is 11.8 Å². The Balaban J connectivity index is 1.97. The molecule has 21 heavy (non-hydrogen) atoms. The van der Waals surface area contributed by atoms with Crippen molar-refractivity contribution in [3.8, 4) is 0 Å². The summed E-state index contributed by atoms with van der Waals surface area (Å²) in [7, 11) is -1.51. The SMILES string of the molecule is CNCc1ccc(S(=O)(=O)NCC2CCCCC2C)cc1. The molecule has 4 nitrogen and oxygen atoms in total. The molecule has 0 aliphatic heterocycles. The molecule has 1 aliphatic carbocycles. The first-order valence-electron chi connectivity index (χ1n) is 7.76. The van der Waals surface area contributed by atoms with Crippen LogP contribution in [0.1, 0.15) is 38.2 Å². The van der Waals surface area contributed by atoms with Gasteiger partial charge in [0.25, 0.3) is 0 Å². The maximum atomic E-state index is 12.3. The van der Waals surface area contributed by atoms with Gasteiger partial charge in [-0.3, -0.25) is 0 Å². The molecule has 0 radical (unpaired) electrons. The van der Waals surface area contributed by atoms with E-state index in [1.807, 2.05) is 19.2 Å². The van der Waals surface area contributed by atoms with Gasteiger partial charge in [0.05, 0.1) is 4.90 Å². The van der Waals surface area contributed by atoms with E-state index in [1.54, 1.807) is 12.1 Å². The molecular formula is C16H26N2O2S. The van der Waals surface area contributed by atoms with Crippen LogP contribution < -0.4 is 10.0 Å². The summed E-state index contributed by atoms with van der Waals surface area (Å²) in [6.45, 7) is 3.53. The number of benzene rings is 1. The Bertz CT molecular complexity index is 540. The summed E-state index contributed by atoms with van der Waals surface area (Å²) in [5.41, 5.74) is 1.08. The van der Waals surface area contributed by atoms with Crippen molar-refractivity contribution in [3.05, 3.63) is 29.8 Å². The molecule has 5 heteroatoms. The molecule has 1 fully saturated rings. The Labute approximate surface area is 128 Å². The minimum atomic E-state index is -3.39. The van der Waals surface area contributed by atoms with Crippen molar-refractivity contribution in [3.63, 3.8) is 0 Å². The van der Waals surface area contributed by atoms with Crippen LogP contribution in [0.4, 0.5) is 0 Å². The second-order valence-electron chi connectivity index (χ2n) is 6.05. The molecule has 2 N–H and O–H groups in total. The Hall–Kier alpha value is -0.910.